The Hall–Kier alpha value is -1.48. The summed E-state index contributed by atoms with van der Waals surface area (Å²) in [7, 11) is 2.30. The van der Waals surface area contributed by atoms with E-state index in [4.69, 9.17) is 20.4 Å². The van der Waals surface area contributed by atoms with Gasteiger partial charge in [-0.1, -0.05) is 13.8 Å². The van der Waals surface area contributed by atoms with E-state index < -0.39 is 94.2 Å². The molecule has 2 atom stereocenters. The van der Waals surface area contributed by atoms with Crippen molar-refractivity contribution in [1.29, 1.82) is 0 Å². The van der Waals surface area contributed by atoms with Gasteiger partial charge in [-0.3, -0.25) is 0 Å². The van der Waals surface area contributed by atoms with E-state index in [-0.39, 0.29) is 26.2 Å². The first-order valence-corrected chi connectivity index (χ1v) is 11.9. The second-order valence-electron chi connectivity index (χ2n) is 7.82. The molecule has 236 valence electrons. The smallest absolute Gasteiger partial charge is 0.168 e. The van der Waals surface area contributed by atoms with Gasteiger partial charge in [0.25, 0.3) is 0 Å². The van der Waals surface area contributed by atoms with E-state index in [1.807, 2.05) is 13.8 Å². The van der Waals surface area contributed by atoms with Gasteiger partial charge in [-0.2, -0.15) is 0 Å². The van der Waals surface area contributed by atoms with Crippen LogP contribution in [0.5, 0.6) is 0 Å². The van der Waals surface area contributed by atoms with Gasteiger partial charge in [-0.05, 0) is 26.7 Å². The zero-order valence-electron chi connectivity index (χ0n) is 23.5. The van der Waals surface area contributed by atoms with Crippen molar-refractivity contribution >= 4 is 0 Å². The number of ether oxygens (including phenoxy) is 2. The van der Waals surface area contributed by atoms with Crippen LogP contribution in [0.4, 0.5) is 35.1 Å². The van der Waals surface area contributed by atoms with Crippen LogP contribution in [0.15, 0.2) is 0 Å². The third-order valence-electron chi connectivity index (χ3n) is 5.06. The van der Waals surface area contributed by atoms with Crippen LogP contribution in [-0.4, -0.2) is 47.9 Å². The number of hydrogen-bond donors (Lipinski definition) is 4. The van der Waals surface area contributed by atoms with Crippen LogP contribution in [0.25, 0.3) is 0 Å². The Kier molecular flexibility index (Phi) is 24.7. The van der Waals surface area contributed by atoms with E-state index in [2.05, 4.69) is 9.47 Å². The second kappa shape index (κ2) is 23.0. The Morgan fingerprint density at radius 3 is 0.829 bits per heavy atom. The summed E-state index contributed by atoms with van der Waals surface area (Å²) < 4.78 is 115. The van der Waals surface area contributed by atoms with E-state index in [1.165, 1.54) is 13.8 Å². The normalized spacial score (nSPS) is 11.6. The summed E-state index contributed by atoms with van der Waals surface area (Å²) in [5, 5.41) is 32.9. The van der Waals surface area contributed by atoms with Gasteiger partial charge in [0.15, 0.2) is 46.5 Å². The standard InChI is InChI=1S/2C10H10F4O2.2C3H8O.Zr/c2*1-4(16-2)6-9(13)7(11)5(3-15)8(12)10(6)14;2*1-2-3-4;/h2*4,15H,3H2,1-2H3;2*4H,2-3H2,1H3;. The van der Waals surface area contributed by atoms with Gasteiger partial charge in [0.05, 0.1) is 47.7 Å². The van der Waals surface area contributed by atoms with Gasteiger partial charge >= 0.3 is 0 Å². The summed E-state index contributed by atoms with van der Waals surface area (Å²) in [5.41, 5.74) is -3.70. The van der Waals surface area contributed by atoms with Crippen molar-refractivity contribution in [1.82, 2.24) is 0 Å². The molecule has 41 heavy (non-hydrogen) atoms. The fraction of sp³-hybridized carbons (Fsp3) is 0.538. The van der Waals surface area contributed by atoms with Crippen LogP contribution in [0.1, 0.15) is 75.0 Å². The van der Waals surface area contributed by atoms with Crippen LogP contribution in [-0.2, 0) is 48.9 Å². The topological polar surface area (TPSA) is 99.4 Å². The molecule has 0 fully saturated rings. The Morgan fingerprint density at radius 1 is 0.512 bits per heavy atom. The molecule has 4 N–H and O–H groups in total. The number of aliphatic hydroxyl groups excluding tert-OH is 4. The summed E-state index contributed by atoms with van der Waals surface area (Å²) in [6, 6.07) is 0. The molecule has 0 saturated heterocycles. The monoisotopic (exact) mass is 686 g/mol. The average molecular weight is 688 g/mol. The molecule has 2 unspecified atom stereocenters. The van der Waals surface area contributed by atoms with Crippen molar-refractivity contribution in [3.05, 3.63) is 68.8 Å². The van der Waals surface area contributed by atoms with Gasteiger partial charge in [-0.15, -0.1) is 0 Å². The largest absolute Gasteiger partial charge is 0.396 e. The SMILES string of the molecule is CCCO.CCCO.COC(C)c1c(F)c(F)c(CO)c(F)c1F.COC(C)c1c(F)c(F)c(CO)c(F)c1F.[Zr]. The molecule has 0 amide bonds. The van der Waals surface area contributed by atoms with Crippen molar-refractivity contribution in [3.63, 3.8) is 0 Å². The Bertz CT molecular complexity index is 903. The fourth-order valence-electron chi connectivity index (χ4n) is 2.62. The van der Waals surface area contributed by atoms with Crippen molar-refractivity contribution in [3.8, 4) is 0 Å². The maximum atomic E-state index is 13.4. The number of methoxy groups -OCH3 is 2. The van der Waals surface area contributed by atoms with Gasteiger partial charge in [0.1, 0.15) is 0 Å². The van der Waals surface area contributed by atoms with E-state index in [0.717, 1.165) is 27.1 Å². The minimum atomic E-state index is -1.60. The minimum absolute atomic E-state index is 0. The van der Waals surface area contributed by atoms with E-state index >= 15 is 0 Å². The minimum Gasteiger partial charge on any atom is -0.396 e. The molecule has 2 aromatic rings. The number of benzene rings is 2. The molecule has 0 heterocycles. The molecule has 15 heteroatoms. The summed E-state index contributed by atoms with van der Waals surface area (Å²) >= 11 is 0. The molecule has 0 saturated carbocycles. The first-order valence-electron chi connectivity index (χ1n) is 11.9. The number of aliphatic hydroxyl groups is 4. The number of hydrogen-bond acceptors (Lipinski definition) is 6. The van der Waals surface area contributed by atoms with Gasteiger partial charge < -0.3 is 29.9 Å². The molecule has 6 nitrogen and oxygen atoms in total. The van der Waals surface area contributed by atoms with Crippen LogP contribution in [0, 0.1) is 46.5 Å². The predicted octanol–water partition coefficient (Wildman–Crippen LogP) is 5.66. The molecular weight excluding hydrogens is 651 g/mol. The third kappa shape index (κ3) is 12.3. The second-order valence-corrected chi connectivity index (χ2v) is 7.82. The van der Waals surface area contributed by atoms with Crippen molar-refractivity contribution in [2.45, 2.75) is 66.0 Å². The molecule has 2 rings (SSSR count). The molecule has 0 aliphatic rings. The van der Waals surface area contributed by atoms with Gasteiger partial charge in [0, 0.05) is 53.6 Å². The van der Waals surface area contributed by atoms with Gasteiger partial charge in [0.2, 0.25) is 0 Å². The van der Waals surface area contributed by atoms with Crippen molar-refractivity contribution < 1.29 is 91.2 Å². The maximum absolute atomic E-state index is 13.4. The molecule has 0 aliphatic carbocycles. The van der Waals surface area contributed by atoms with Crippen LogP contribution in [0.3, 0.4) is 0 Å². The van der Waals surface area contributed by atoms with E-state index in [0.29, 0.717) is 13.2 Å². The average Bonchev–Trinajstić information content (AvgIpc) is 2.96. The Morgan fingerprint density at radius 2 is 0.707 bits per heavy atom. The summed E-state index contributed by atoms with van der Waals surface area (Å²) in [6.45, 7) is 4.76. The van der Waals surface area contributed by atoms with Gasteiger partial charge in [-0.25, -0.2) is 35.1 Å². The summed E-state index contributed by atoms with van der Waals surface area (Å²) in [4.78, 5) is 0. The zero-order chi connectivity index (χ0) is 31.7. The van der Waals surface area contributed by atoms with Crippen LogP contribution < -0.4 is 0 Å². The predicted molar refractivity (Wildman–Crippen MR) is 130 cm³/mol. The quantitative estimate of drug-likeness (QED) is 0.211. The first kappa shape index (κ1) is 44.0. The summed E-state index contributed by atoms with van der Waals surface area (Å²) in [5.74, 6) is -12.6. The third-order valence-corrected chi connectivity index (χ3v) is 5.06. The number of rotatable bonds is 8. The first-order chi connectivity index (χ1) is 18.7. The summed E-state index contributed by atoms with van der Waals surface area (Å²) in [6.07, 6.45) is -0.506. The molecule has 2 aromatic carbocycles. The fourth-order valence-corrected chi connectivity index (χ4v) is 2.62. The molecule has 0 bridgehead atoms. The molecular formula is C26H36F8O6Zr. The number of halogens is 8. The molecule has 0 aromatic heterocycles. The molecule has 0 radical (unpaired) electrons. The van der Waals surface area contributed by atoms with Crippen molar-refractivity contribution in [2.75, 3.05) is 27.4 Å². The zero-order valence-corrected chi connectivity index (χ0v) is 26.0. The van der Waals surface area contributed by atoms with Crippen LogP contribution >= 0.6 is 0 Å². The Labute approximate surface area is 253 Å². The molecule has 0 aliphatic heterocycles. The van der Waals surface area contributed by atoms with E-state index in [9.17, 15) is 35.1 Å². The maximum Gasteiger partial charge on any atom is 0.168 e. The Balaban J connectivity index is -0.000000548. The molecule has 0 spiro atoms. The van der Waals surface area contributed by atoms with Crippen molar-refractivity contribution in [2.24, 2.45) is 0 Å². The van der Waals surface area contributed by atoms with E-state index in [1.54, 1.807) is 0 Å². The van der Waals surface area contributed by atoms with Crippen LogP contribution in [0.2, 0.25) is 0 Å².